The Morgan fingerprint density at radius 3 is 2.32 bits per heavy atom. The normalized spacial score (nSPS) is 12.8. The molecule has 1 amide bonds. The lowest BCUT2D eigenvalue weighted by Crippen LogP contribution is -2.37. The number of carbonyl (C=O) groups is 2. The van der Waals surface area contributed by atoms with E-state index in [0.717, 1.165) is 68.4 Å². The van der Waals surface area contributed by atoms with E-state index in [0.29, 0.717) is 31.2 Å². The van der Waals surface area contributed by atoms with Gasteiger partial charge < -0.3 is 34.3 Å². The first kappa shape index (κ1) is 35.8. The largest absolute Gasteiger partial charge is 0.489 e. The Hall–Kier alpha value is -4.06. The summed E-state index contributed by atoms with van der Waals surface area (Å²) in [6.07, 6.45) is 0. The van der Waals surface area contributed by atoms with Gasteiger partial charge in [-0.1, -0.05) is 30.3 Å². The maximum Gasteiger partial charge on any atom is 0.345 e. The first-order valence-electron chi connectivity index (χ1n) is 14.8. The van der Waals surface area contributed by atoms with Crippen molar-refractivity contribution < 1.29 is 24.2 Å². The molecule has 248 valence electrons. The van der Waals surface area contributed by atoms with Crippen molar-refractivity contribution in [2.24, 2.45) is 7.05 Å². The molecule has 3 aromatic carbocycles. The van der Waals surface area contributed by atoms with Crippen LogP contribution in [0.4, 0.5) is 11.4 Å². The number of amides is 1. The van der Waals surface area contributed by atoms with E-state index in [1.165, 1.54) is 11.3 Å². The van der Waals surface area contributed by atoms with E-state index in [-0.39, 0.29) is 30.7 Å². The van der Waals surface area contributed by atoms with Crippen molar-refractivity contribution >= 4 is 69.6 Å². The monoisotopic (exact) mass is 696 g/mol. The SMILES string of the molecule is CN(C)CC(=O)Nc1ccc(N2CCOCC2)c(COc2ccc(-c3c(-c4ccccc4)c4sc(C(=O)O)cc4n3C)cc2)c1.Cl.Cl. The lowest BCUT2D eigenvalue weighted by atomic mass is 10.0. The number of carbonyl (C=O) groups excluding carboxylic acids is 1. The number of carboxylic acid groups (broad SMARTS) is 1. The van der Waals surface area contributed by atoms with Crippen molar-refractivity contribution in [2.45, 2.75) is 6.61 Å². The van der Waals surface area contributed by atoms with Crippen LogP contribution in [0, 0.1) is 0 Å². The fourth-order valence-electron chi connectivity index (χ4n) is 5.77. The minimum absolute atomic E-state index is 0. The van der Waals surface area contributed by atoms with Crippen LogP contribution in [0.1, 0.15) is 15.2 Å². The third-order valence-electron chi connectivity index (χ3n) is 7.84. The number of hydrogen-bond acceptors (Lipinski definition) is 7. The number of nitrogens with zero attached hydrogens (tertiary/aromatic N) is 3. The summed E-state index contributed by atoms with van der Waals surface area (Å²) in [4.78, 5) is 28.6. The van der Waals surface area contributed by atoms with Crippen LogP contribution < -0.4 is 15.0 Å². The average molecular weight is 698 g/mol. The Morgan fingerprint density at radius 1 is 0.957 bits per heavy atom. The summed E-state index contributed by atoms with van der Waals surface area (Å²) in [6, 6.07) is 25.8. The number of ether oxygens (including phenoxy) is 2. The van der Waals surface area contributed by atoms with Gasteiger partial charge in [-0.2, -0.15) is 0 Å². The Morgan fingerprint density at radius 2 is 1.66 bits per heavy atom. The van der Waals surface area contributed by atoms with Crippen LogP contribution in [-0.4, -0.2) is 73.4 Å². The Balaban J connectivity index is 0.00000250. The molecule has 1 aliphatic rings. The highest BCUT2D eigenvalue weighted by atomic mass is 35.5. The van der Waals surface area contributed by atoms with Crippen LogP contribution in [-0.2, 0) is 23.2 Å². The number of benzene rings is 3. The molecule has 1 fully saturated rings. The molecule has 3 heterocycles. The molecule has 9 nitrogen and oxygen atoms in total. The number of anilines is 2. The average Bonchev–Trinajstić information content (AvgIpc) is 3.59. The van der Waals surface area contributed by atoms with E-state index in [2.05, 4.69) is 26.9 Å². The number of halogens is 2. The Bertz CT molecular complexity index is 1830. The molecule has 12 heteroatoms. The number of rotatable bonds is 10. The van der Waals surface area contributed by atoms with E-state index >= 15 is 0 Å². The highest BCUT2D eigenvalue weighted by Crippen LogP contribution is 2.44. The fourth-order valence-corrected chi connectivity index (χ4v) is 6.87. The van der Waals surface area contributed by atoms with Gasteiger partial charge in [0.1, 0.15) is 17.2 Å². The van der Waals surface area contributed by atoms with Crippen LogP contribution in [0.3, 0.4) is 0 Å². The fraction of sp³-hybridized carbons (Fsp3) is 0.257. The summed E-state index contributed by atoms with van der Waals surface area (Å²) >= 11 is 1.30. The lowest BCUT2D eigenvalue weighted by Gasteiger charge is -2.31. The summed E-state index contributed by atoms with van der Waals surface area (Å²) < 4.78 is 14.9. The molecule has 0 atom stereocenters. The number of nitrogens with one attached hydrogen (secondary N) is 1. The summed E-state index contributed by atoms with van der Waals surface area (Å²) in [6.45, 7) is 3.55. The second-order valence-corrected chi connectivity index (χ2v) is 12.4. The number of carboxylic acids is 1. The minimum atomic E-state index is -0.920. The van der Waals surface area contributed by atoms with Crippen LogP contribution in [0.15, 0.2) is 78.9 Å². The standard InChI is InChI=1S/C35H36N4O5S.2ClH/c1-37(2)21-31(40)36-26-11-14-28(39-15-17-43-18-16-39)25(19-26)22-44-27-12-9-24(10-13-27)33-32(23-7-5-4-6-8-23)34-29(38(33)3)20-30(45-34)35(41)42;;/h4-14,19-20H,15-18,21-22H2,1-3H3,(H,36,40)(H,41,42);2*1H. The molecule has 0 aliphatic carbocycles. The van der Waals surface area contributed by atoms with Crippen LogP contribution in [0.25, 0.3) is 32.6 Å². The quantitative estimate of drug-likeness (QED) is 0.162. The van der Waals surface area contributed by atoms with Crippen molar-refractivity contribution in [1.29, 1.82) is 0 Å². The molecule has 5 aromatic rings. The maximum atomic E-state index is 12.4. The van der Waals surface area contributed by atoms with Gasteiger partial charge in [-0.15, -0.1) is 36.2 Å². The molecule has 0 spiro atoms. The van der Waals surface area contributed by atoms with Gasteiger partial charge in [0.05, 0.1) is 35.7 Å². The number of morpholine rings is 1. The molecular weight excluding hydrogens is 659 g/mol. The van der Waals surface area contributed by atoms with E-state index < -0.39 is 5.97 Å². The van der Waals surface area contributed by atoms with Crippen molar-refractivity contribution in [3.05, 3.63) is 89.3 Å². The zero-order valence-corrected chi connectivity index (χ0v) is 28.8. The summed E-state index contributed by atoms with van der Waals surface area (Å²) in [7, 11) is 5.71. The zero-order chi connectivity index (χ0) is 31.5. The third-order valence-corrected chi connectivity index (χ3v) is 8.97. The Kier molecular flexibility index (Phi) is 11.9. The Labute approximate surface area is 290 Å². The molecule has 1 aliphatic heterocycles. The van der Waals surface area contributed by atoms with Gasteiger partial charge in [-0.3, -0.25) is 4.79 Å². The second kappa shape index (κ2) is 15.7. The number of aromatic carboxylic acids is 1. The molecule has 0 unspecified atom stereocenters. The van der Waals surface area contributed by atoms with Gasteiger partial charge in [0.25, 0.3) is 0 Å². The van der Waals surface area contributed by atoms with Crippen molar-refractivity contribution in [2.75, 3.05) is 57.2 Å². The number of aryl methyl sites for hydroxylation is 1. The van der Waals surface area contributed by atoms with E-state index in [1.54, 1.807) is 6.07 Å². The van der Waals surface area contributed by atoms with Gasteiger partial charge in [0.2, 0.25) is 5.91 Å². The number of thiophene rings is 1. The highest BCUT2D eigenvalue weighted by molar-refractivity contribution is 7.21. The van der Waals surface area contributed by atoms with Gasteiger partial charge in [0, 0.05) is 42.6 Å². The smallest absolute Gasteiger partial charge is 0.345 e. The molecule has 1 saturated heterocycles. The number of hydrogen-bond donors (Lipinski definition) is 2. The lowest BCUT2D eigenvalue weighted by molar-refractivity contribution is -0.116. The first-order chi connectivity index (χ1) is 21.8. The topological polar surface area (TPSA) is 96.3 Å². The van der Waals surface area contributed by atoms with E-state index in [4.69, 9.17) is 9.47 Å². The maximum absolute atomic E-state index is 12.4. The molecule has 0 bridgehead atoms. The van der Waals surface area contributed by atoms with Crippen LogP contribution in [0.2, 0.25) is 0 Å². The summed E-state index contributed by atoms with van der Waals surface area (Å²) in [5.74, 6) is -0.271. The molecule has 0 saturated carbocycles. The van der Waals surface area contributed by atoms with Crippen molar-refractivity contribution in [3.63, 3.8) is 0 Å². The molecular formula is C35H38Cl2N4O5S. The van der Waals surface area contributed by atoms with E-state index in [1.807, 2.05) is 86.7 Å². The molecule has 2 N–H and O–H groups in total. The van der Waals surface area contributed by atoms with Crippen molar-refractivity contribution in [3.8, 4) is 28.1 Å². The van der Waals surface area contributed by atoms with Gasteiger partial charge >= 0.3 is 5.97 Å². The molecule has 47 heavy (non-hydrogen) atoms. The summed E-state index contributed by atoms with van der Waals surface area (Å²) in [5, 5.41) is 12.6. The van der Waals surface area contributed by atoms with E-state index in [9.17, 15) is 14.7 Å². The summed E-state index contributed by atoms with van der Waals surface area (Å²) in [5.41, 5.74) is 7.73. The highest BCUT2D eigenvalue weighted by Gasteiger charge is 2.23. The van der Waals surface area contributed by atoms with Crippen LogP contribution >= 0.6 is 36.2 Å². The van der Waals surface area contributed by atoms with Gasteiger partial charge in [0.15, 0.2) is 0 Å². The first-order valence-corrected chi connectivity index (χ1v) is 15.6. The number of fused-ring (bicyclic) bond motifs is 1. The predicted molar refractivity (Wildman–Crippen MR) is 194 cm³/mol. The molecule has 0 radical (unpaired) electrons. The molecule has 2 aromatic heterocycles. The van der Waals surface area contributed by atoms with Gasteiger partial charge in [-0.25, -0.2) is 4.79 Å². The second-order valence-electron chi connectivity index (χ2n) is 11.3. The van der Waals surface area contributed by atoms with Crippen LogP contribution in [0.5, 0.6) is 5.75 Å². The minimum Gasteiger partial charge on any atom is -0.489 e. The molecule has 6 rings (SSSR count). The number of aromatic nitrogens is 1. The third kappa shape index (κ3) is 7.91. The number of likely N-dealkylation sites (N-methyl/N-ethyl adjacent to an activating group) is 1. The van der Waals surface area contributed by atoms with Gasteiger partial charge in [-0.05, 0) is 73.8 Å². The zero-order valence-electron chi connectivity index (χ0n) is 26.4. The van der Waals surface area contributed by atoms with Crippen molar-refractivity contribution in [1.82, 2.24) is 9.47 Å². The predicted octanol–water partition coefficient (Wildman–Crippen LogP) is 7.03.